The van der Waals surface area contributed by atoms with Crippen LogP contribution in [0.1, 0.15) is 64.8 Å². The Balaban J connectivity index is 0.952. The molecule has 39 heavy (non-hydrogen) atoms. The molecule has 1 N–H and O–H groups in total. The molecule has 3 amide bonds. The maximum absolute atomic E-state index is 13.5. The molecular formula is C31H33ClN2O5. The van der Waals surface area contributed by atoms with E-state index in [-0.39, 0.29) is 42.8 Å². The second-order valence-electron chi connectivity index (χ2n) is 12.3. The second kappa shape index (κ2) is 9.34. The van der Waals surface area contributed by atoms with E-state index in [9.17, 15) is 19.5 Å². The summed E-state index contributed by atoms with van der Waals surface area (Å²) in [6, 6.07) is 12.6. The second-order valence-corrected chi connectivity index (χ2v) is 12.7. The molecule has 2 aromatic rings. The first kappa shape index (κ1) is 25.1. The number of aliphatic hydroxyl groups is 1. The molecule has 8 heteroatoms. The highest BCUT2D eigenvalue weighted by Crippen LogP contribution is 2.57. The lowest BCUT2D eigenvalue weighted by atomic mass is 9.52. The molecule has 4 saturated carbocycles. The van der Waals surface area contributed by atoms with Gasteiger partial charge in [-0.25, -0.2) is 0 Å². The van der Waals surface area contributed by atoms with Crippen LogP contribution in [0.3, 0.4) is 0 Å². The highest BCUT2D eigenvalue weighted by molar-refractivity contribution is 6.31. The summed E-state index contributed by atoms with van der Waals surface area (Å²) in [4.78, 5) is 42.0. The molecule has 0 aromatic heterocycles. The van der Waals surface area contributed by atoms with Gasteiger partial charge in [0.05, 0.1) is 23.3 Å². The summed E-state index contributed by atoms with van der Waals surface area (Å²) in [5, 5.41) is 11.5. The summed E-state index contributed by atoms with van der Waals surface area (Å²) in [7, 11) is 0. The maximum atomic E-state index is 13.5. The lowest BCUT2D eigenvalue weighted by Gasteiger charge is -2.59. The van der Waals surface area contributed by atoms with Crippen LogP contribution < -0.4 is 4.74 Å². The van der Waals surface area contributed by atoms with Crippen LogP contribution in [0.4, 0.5) is 0 Å². The monoisotopic (exact) mass is 548 g/mol. The Morgan fingerprint density at radius 3 is 2.31 bits per heavy atom. The van der Waals surface area contributed by atoms with Gasteiger partial charge < -0.3 is 14.7 Å². The Labute approximate surface area is 233 Å². The summed E-state index contributed by atoms with van der Waals surface area (Å²) >= 11 is 6.62. The van der Waals surface area contributed by atoms with E-state index < -0.39 is 5.60 Å². The quantitative estimate of drug-likeness (QED) is 0.520. The van der Waals surface area contributed by atoms with Crippen molar-refractivity contribution in [1.29, 1.82) is 0 Å². The number of fused-ring (bicyclic) bond motifs is 1. The van der Waals surface area contributed by atoms with Gasteiger partial charge in [-0.05, 0) is 92.5 Å². The molecule has 4 bridgehead atoms. The Kier molecular flexibility index (Phi) is 6.01. The SMILES string of the molecule is O=C1c2ccccc2C(=O)N1CCOc1ccc(CC2CCN(C3C4CC5CC3CC(O)(C5)C4)C2=O)c(Cl)c1. The minimum atomic E-state index is -0.489. The third-order valence-electron chi connectivity index (χ3n) is 9.85. The zero-order chi connectivity index (χ0) is 26.9. The largest absolute Gasteiger partial charge is 0.492 e. The van der Waals surface area contributed by atoms with Gasteiger partial charge in [-0.2, -0.15) is 0 Å². The number of carbonyl (C=O) groups is 3. The van der Waals surface area contributed by atoms with Crippen LogP contribution in [-0.4, -0.2) is 64.0 Å². The van der Waals surface area contributed by atoms with Gasteiger partial charge in [-0.15, -0.1) is 0 Å². The molecule has 7 nitrogen and oxygen atoms in total. The van der Waals surface area contributed by atoms with Crippen molar-refractivity contribution >= 4 is 29.3 Å². The van der Waals surface area contributed by atoms with E-state index in [1.165, 1.54) is 4.90 Å². The molecule has 4 aliphatic carbocycles. The van der Waals surface area contributed by atoms with Crippen molar-refractivity contribution in [3.63, 3.8) is 0 Å². The zero-order valence-corrected chi connectivity index (χ0v) is 22.6. The number of carbonyl (C=O) groups excluding carboxylic acids is 3. The van der Waals surface area contributed by atoms with Crippen molar-refractivity contribution in [3.05, 3.63) is 64.2 Å². The molecule has 2 aliphatic heterocycles. The van der Waals surface area contributed by atoms with Gasteiger partial charge in [-0.1, -0.05) is 29.8 Å². The number of ether oxygens (including phenoxy) is 1. The van der Waals surface area contributed by atoms with Crippen LogP contribution in [0.5, 0.6) is 5.75 Å². The fourth-order valence-corrected chi connectivity index (χ4v) is 8.71. The average Bonchev–Trinajstić information content (AvgIpc) is 3.36. The van der Waals surface area contributed by atoms with Gasteiger partial charge in [0, 0.05) is 23.5 Å². The number of rotatable bonds is 7. The predicted octanol–water partition coefficient (Wildman–Crippen LogP) is 4.35. The summed E-state index contributed by atoms with van der Waals surface area (Å²) in [5.41, 5.74) is 1.28. The predicted molar refractivity (Wildman–Crippen MR) is 145 cm³/mol. The fraction of sp³-hybridized carbons (Fsp3) is 0.516. The van der Waals surface area contributed by atoms with E-state index in [1.54, 1.807) is 30.3 Å². The number of benzene rings is 2. The number of hydrogen-bond acceptors (Lipinski definition) is 5. The Hall–Kier alpha value is -2.90. The first-order valence-corrected chi connectivity index (χ1v) is 14.6. The van der Waals surface area contributed by atoms with E-state index in [4.69, 9.17) is 16.3 Å². The molecular weight excluding hydrogens is 516 g/mol. The van der Waals surface area contributed by atoms with Gasteiger partial charge in [0.15, 0.2) is 0 Å². The maximum Gasteiger partial charge on any atom is 0.261 e. The van der Waals surface area contributed by atoms with Crippen LogP contribution in [-0.2, 0) is 11.2 Å². The third-order valence-corrected chi connectivity index (χ3v) is 10.2. The number of halogens is 1. The molecule has 1 saturated heterocycles. The van der Waals surface area contributed by atoms with Crippen LogP contribution in [0.15, 0.2) is 42.5 Å². The lowest BCUT2D eigenvalue weighted by molar-refractivity contribution is -0.168. The number of likely N-dealkylation sites (tertiary alicyclic amines) is 1. The molecule has 5 fully saturated rings. The van der Waals surface area contributed by atoms with Crippen LogP contribution in [0.2, 0.25) is 5.02 Å². The molecule has 0 spiro atoms. The molecule has 2 aromatic carbocycles. The highest BCUT2D eigenvalue weighted by Gasteiger charge is 2.57. The van der Waals surface area contributed by atoms with Crippen LogP contribution in [0, 0.1) is 23.7 Å². The fourth-order valence-electron chi connectivity index (χ4n) is 8.46. The van der Waals surface area contributed by atoms with Gasteiger partial charge in [-0.3, -0.25) is 19.3 Å². The molecule has 8 rings (SSSR count). The van der Waals surface area contributed by atoms with Crippen molar-refractivity contribution in [2.45, 2.75) is 56.6 Å². The third kappa shape index (κ3) is 4.25. The van der Waals surface area contributed by atoms with E-state index in [2.05, 4.69) is 4.90 Å². The van der Waals surface area contributed by atoms with E-state index in [0.29, 0.717) is 46.1 Å². The van der Waals surface area contributed by atoms with Crippen molar-refractivity contribution < 1.29 is 24.2 Å². The van der Waals surface area contributed by atoms with E-state index in [1.807, 2.05) is 12.1 Å². The molecule has 0 radical (unpaired) electrons. The van der Waals surface area contributed by atoms with Gasteiger partial charge >= 0.3 is 0 Å². The number of nitrogens with zero attached hydrogens (tertiary/aromatic N) is 2. The molecule has 3 unspecified atom stereocenters. The Morgan fingerprint density at radius 2 is 1.67 bits per heavy atom. The Bertz CT molecular complexity index is 1310. The van der Waals surface area contributed by atoms with Crippen molar-refractivity contribution in [1.82, 2.24) is 9.80 Å². The molecule has 2 heterocycles. The normalized spacial score (nSPS) is 32.9. The number of imide groups is 1. The van der Waals surface area contributed by atoms with Crippen molar-refractivity contribution in [3.8, 4) is 5.75 Å². The van der Waals surface area contributed by atoms with Crippen molar-refractivity contribution in [2.24, 2.45) is 23.7 Å². The summed E-state index contributed by atoms with van der Waals surface area (Å²) < 4.78 is 5.82. The summed E-state index contributed by atoms with van der Waals surface area (Å²) in [6.45, 7) is 1.11. The van der Waals surface area contributed by atoms with Gasteiger partial charge in [0.2, 0.25) is 5.91 Å². The summed E-state index contributed by atoms with van der Waals surface area (Å²) in [5.74, 6) is 1.61. The average molecular weight is 549 g/mol. The Morgan fingerprint density at radius 1 is 0.974 bits per heavy atom. The van der Waals surface area contributed by atoms with Crippen LogP contribution in [0.25, 0.3) is 0 Å². The molecule has 3 atom stereocenters. The van der Waals surface area contributed by atoms with Gasteiger partial charge in [0.25, 0.3) is 11.8 Å². The molecule has 6 aliphatic rings. The minimum absolute atomic E-state index is 0.0802. The van der Waals surface area contributed by atoms with E-state index >= 15 is 0 Å². The lowest BCUT2D eigenvalue weighted by Crippen LogP contribution is -2.62. The summed E-state index contributed by atoms with van der Waals surface area (Å²) in [6.07, 6.45) is 6.37. The number of amides is 3. The highest BCUT2D eigenvalue weighted by atomic mass is 35.5. The first-order chi connectivity index (χ1) is 18.8. The van der Waals surface area contributed by atoms with Crippen molar-refractivity contribution in [2.75, 3.05) is 19.7 Å². The van der Waals surface area contributed by atoms with E-state index in [0.717, 1.165) is 50.6 Å². The van der Waals surface area contributed by atoms with Gasteiger partial charge in [0.1, 0.15) is 12.4 Å². The smallest absolute Gasteiger partial charge is 0.261 e. The zero-order valence-electron chi connectivity index (χ0n) is 21.9. The van der Waals surface area contributed by atoms with Crippen LogP contribution >= 0.6 is 11.6 Å². The minimum Gasteiger partial charge on any atom is -0.492 e. The molecule has 204 valence electrons. The number of hydrogen-bond donors (Lipinski definition) is 1. The first-order valence-electron chi connectivity index (χ1n) is 14.2. The standard InChI is InChI=1S/C31H33ClN2O5/c32-26-14-23(39-10-9-34-29(36)24-3-1-2-4-25(24)30(34)37)6-5-19(26)13-20-7-8-33(28(20)35)27-21-11-18-12-22(27)17-31(38,15-18)16-21/h1-6,14,18,20-22,27,38H,7-13,15-17H2. The topological polar surface area (TPSA) is 87.2 Å².